The Kier molecular flexibility index (Phi) is 6.18. The van der Waals surface area contributed by atoms with Gasteiger partial charge in [-0.3, -0.25) is 14.5 Å². The van der Waals surface area contributed by atoms with Gasteiger partial charge in [0, 0.05) is 12.2 Å². The minimum Gasteiger partial charge on any atom is -0.481 e. The molecule has 24 heavy (non-hydrogen) atoms. The predicted molar refractivity (Wildman–Crippen MR) is 91.0 cm³/mol. The van der Waals surface area contributed by atoms with Crippen LogP contribution in [-0.4, -0.2) is 47.6 Å². The third-order valence-corrected chi connectivity index (χ3v) is 4.85. The molecule has 2 aliphatic rings. The van der Waals surface area contributed by atoms with Gasteiger partial charge in [-0.2, -0.15) is 0 Å². The van der Waals surface area contributed by atoms with Crippen LogP contribution >= 0.6 is 12.4 Å². The molecule has 1 amide bonds. The highest BCUT2D eigenvalue weighted by atomic mass is 35.5. The van der Waals surface area contributed by atoms with Gasteiger partial charge in [0.05, 0.1) is 12.0 Å². The number of piperidine rings is 2. The second-order valence-electron chi connectivity index (χ2n) is 6.28. The molecule has 1 unspecified atom stereocenters. The number of amides is 1. The van der Waals surface area contributed by atoms with Crippen molar-refractivity contribution in [3.05, 3.63) is 30.1 Å². The van der Waals surface area contributed by atoms with Crippen LogP contribution in [0.25, 0.3) is 0 Å². The number of benzene rings is 1. The van der Waals surface area contributed by atoms with Crippen LogP contribution in [0.1, 0.15) is 25.7 Å². The van der Waals surface area contributed by atoms with Crippen LogP contribution in [0.4, 0.5) is 10.1 Å². The molecule has 1 atom stereocenters. The molecular weight excluding hydrogens is 335 g/mol. The van der Waals surface area contributed by atoms with E-state index in [-0.39, 0.29) is 36.1 Å². The first-order valence-corrected chi connectivity index (χ1v) is 8.10. The Morgan fingerprint density at radius 2 is 1.88 bits per heavy atom. The fourth-order valence-corrected chi connectivity index (χ4v) is 3.55. The van der Waals surface area contributed by atoms with Crippen molar-refractivity contribution in [3.63, 3.8) is 0 Å². The molecule has 1 aromatic carbocycles. The number of nitrogens with zero attached hydrogens (tertiary/aromatic N) is 2. The number of carboxylic acids is 1. The lowest BCUT2D eigenvalue weighted by atomic mass is 9.93. The molecule has 5 nitrogen and oxygen atoms in total. The van der Waals surface area contributed by atoms with Gasteiger partial charge in [0.2, 0.25) is 5.91 Å². The minimum atomic E-state index is -0.749. The molecule has 0 aromatic heterocycles. The molecule has 0 bridgehead atoms. The highest BCUT2D eigenvalue weighted by molar-refractivity contribution is 5.97. The summed E-state index contributed by atoms with van der Waals surface area (Å²) in [6.45, 7) is 1.86. The van der Waals surface area contributed by atoms with E-state index in [4.69, 9.17) is 5.11 Å². The lowest BCUT2D eigenvalue weighted by Gasteiger charge is -2.41. The summed E-state index contributed by atoms with van der Waals surface area (Å²) < 4.78 is 13.4. The molecule has 2 fully saturated rings. The van der Waals surface area contributed by atoms with Crippen molar-refractivity contribution in [2.24, 2.45) is 5.92 Å². The van der Waals surface area contributed by atoms with Crippen LogP contribution in [0, 0.1) is 11.7 Å². The number of carbonyl (C=O) groups excluding carboxylic acids is 1. The van der Waals surface area contributed by atoms with Gasteiger partial charge in [-0.15, -0.1) is 12.4 Å². The molecule has 1 N–H and O–H groups in total. The summed E-state index contributed by atoms with van der Waals surface area (Å²) in [5.41, 5.74) is 0.597. The van der Waals surface area contributed by atoms with Crippen LogP contribution in [-0.2, 0) is 9.59 Å². The zero-order valence-corrected chi connectivity index (χ0v) is 14.2. The zero-order chi connectivity index (χ0) is 16.4. The van der Waals surface area contributed by atoms with Crippen LogP contribution in [0.3, 0.4) is 0 Å². The molecule has 0 aliphatic carbocycles. The quantitative estimate of drug-likeness (QED) is 0.904. The molecule has 1 aromatic rings. The van der Waals surface area contributed by atoms with E-state index in [0.717, 1.165) is 12.8 Å². The maximum absolute atomic E-state index is 13.4. The van der Waals surface area contributed by atoms with Crippen molar-refractivity contribution in [3.8, 4) is 0 Å². The molecule has 132 valence electrons. The highest BCUT2D eigenvalue weighted by Gasteiger charge is 2.36. The second kappa shape index (κ2) is 7.94. The number of aliphatic carboxylic acids is 1. The maximum atomic E-state index is 13.4. The van der Waals surface area contributed by atoms with Crippen LogP contribution < -0.4 is 4.90 Å². The van der Waals surface area contributed by atoms with Crippen LogP contribution in [0.2, 0.25) is 0 Å². The summed E-state index contributed by atoms with van der Waals surface area (Å²) in [5, 5.41) is 9.07. The van der Waals surface area contributed by atoms with E-state index in [1.54, 1.807) is 17.0 Å². The molecule has 2 aliphatic heterocycles. The number of likely N-dealkylation sites (tertiary alicyclic amines) is 1. The summed E-state index contributed by atoms with van der Waals surface area (Å²) in [4.78, 5) is 27.6. The van der Waals surface area contributed by atoms with E-state index < -0.39 is 5.97 Å². The SMILES string of the molecule is Cl.O=C(O)C1CCN(C2CCCN(c3cccc(F)c3)C2=O)CC1. The van der Waals surface area contributed by atoms with Gasteiger partial charge in [0.25, 0.3) is 0 Å². The molecule has 2 heterocycles. The molecular formula is C17H22ClFN2O3. The maximum Gasteiger partial charge on any atom is 0.306 e. The largest absolute Gasteiger partial charge is 0.481 e. The summed E-state index contributed by atoms with van der Waals surface area (Å²) in [5.74, 6) is -1.40. The van der Waals surface area contributed by atoms with Crippen molar-refractivity contribution >= 4 is 30.0 Å². The number of carbonyl (C=O) groups is 2. The van der Waals surface area contributed by atoms with Crippen molar-refractivity contribution in [2.45, 2.75) is 31.7 Å². The van der Waals surface area contributed by atoms with Gasteiger partial charge in [-0.25, -0.2) is 4.39 Å². The van der Waals surface area contributed by atoms with E-state index in [0.29, 0.717) is 38.2 Å². The standard InChI is InChI=1S/C17H21FN2O3.ClH/c18-13-3-1-4-14(11-13)20-8-2-5-15(16(20)21)19-9-6-12(7-10-19)17(22)23;/h1,3-4,11-12,15H,2,5-10H2,(H,22,23);1H. The predicted octanol–water partition coefficient (Wildman–Crippen LogP) is 2.54. The lowest BCUT2D eigenvalue weighted by Crippen LogP contribution is -2.54. The first kappa shape index (κ1) is 18.7. The third-order valence-electron chi connectivity index (χ3n) is 4.85. The number of hydrogen-bond donors (Lipinski definition) is 1. The van der Waals surface area contributed by atoms with Gasteiger partial charge in [0.15, 0.2) is 0 Å². The summed E-state index contributed by atoms with van der Waals surface area (Å²) >= 11 is 0. The van der Waals surface area contributed by atoms with E-state index in [9.17, 15) is 14.0 Å². The Morgan fingerprint density at radius 1 is 1.17 bits per heavy atom. The van der Waals surface area contributed by atoms with Crippen LogP contribution in [0.15, 0.2) is 24.3 Å². The molecule has 0 radical (unpaired) electrons. The number of rotatable bonds is 3. The van der Waals surface area contributed by atoms with Crippen molar-refractivity contribution < 1.29 is 19.1 Å². The van der Waals surface area contributed by atoms with Crippen molar-refractivity contribution in [1.29, 1.82) is 0 Å². The Labute approximate surface area is 146 Å². The summed E-state index contributed by atoms with van der Waals surface area (Å²) in [7, 11) is 0. The van der Waals surface area contributed by atoms with Crippen molar-refractivity contribution in [2.75, 3.05) is 24.5 Å². The Hall–Kier alpha value is -1.66. The van der Waals surface area contributed by atoms with Gasteiger partial charge < -0.3 is 10.0 Å². The van der Waals surface area contributed by atoms with E-state index >= 15 is 0 Å². The third kappa shape index (κ3) is 3.87. The first-order valence-electron chi connectivity index (χ1n) is 8.10. The zero-order valence-electron chi connectivity index (χ0n) is 13.4. The topological polar surface area (TPSA) is 60.9 Å². The van der Waals surface area contributed by atoms with Gasteiger partial charge in [0.1, 0.15) is 5.82 Å². The fourth-order valence-electron chi connectivity index (χ4n) is 3.55. The second-order valence-corrected chi connectivity index (χ2v) is 6.28. The average molecular weight is 357 g/mol. The fraction of sp³-hybridized carbons (Fsp3) is 0.529. The Balaban J connectivity index is 0.00000208. The summed E-state index contributed by atoms with van der Waals surface area (Å²) in [6, 6.07) is 5.89. The number of anilines is 1. The Morgan fingerprint density at radius 3 is 2.50 bits per heavy atom. The molecule has 0 spiro atoms. The smallest absolute Gasteiger partial charge is 0.306 e. The molecule has 7 heteroatoms. The van der Waals surface area contributed by atoms with Crippen molar-refractivity contribution in [1.82, 2.24) is 4.90 Å². The monoisotopic (exact) mass is 356 g/mol. The Bertz CT molecular complexity index is 605. The molecule has 0 saturated carbocycles. The number of hydrogen-bond acceptors (Lipinski definition) is 3. The first-order chi connectivity index (χ1) is 11.1. The van der Waals surface area contributed by atoms with Gasteiger partial charge in [-0.05, 0) is 57.0 Å². The number of halogens is 2. The van der Waals surface area contributed by atoms with Gasteiger partial charge in [-0.1, -0.05) is 6.07 Å². The number of carboxylic acid groups (broad SMARTS) is 1. The van der Waals surface area contributed by atoms with Crippen LogP contribution in [0.5, 0.6) is 0 Å². The minimum absolute atomic E-state index is 0. The molecule has 3 rings (SSSR count). The average Bonchev–Trinajstić information content (AvgIpc) is 2.55. The highest BCUT2D eigenvalue weighted by Crippen LogP contribution is 2.27. The van der Waals surface area contributed by atoms with E-state index in [1.807, 2.05) is 0 Å². The van der Waals surface area contributed by atoms with E-state index in [2.05, 4.69) is 4.90 Å². The summed E-state index contributed by atoms with van der Waals surface area (Å²) in [6.07, 6.45) is 2.81. The normalized spacial score (nSPS) is 23.0. The lowest BCUT2D eigenvalue weighted by molar-refractivity contribution is -0.143. The molecule has 2 saturated heterocycles. The van der Waals surface area contributed by atoms with Gasteiger partial charge >= 0.3 is 5.97 Å². The van der Waals surface area contributed by atoms with E-state index in [1.165, 1.54) is 12.1 Å².